The van der Waals surface area contributed by atoms with Crippen molar-refractivity contribution in [3.05, 3.63) is 0 Å². The third kappa shape index (κ3) is 4.45. The summed E-state index contributed by atoms with van der Waals surface area (Å²) in [6, 6.07) is 0. The van der Waals surface area contributed by atoms with Crippen LogP contribution in [0.15, 0.2) is 0 Å². The molecule has 3 aliphatic heterocycles. The van der Waals surface area contributed by atoms with Gasteiger partial charge in [0.05, 0.1) is 45.2 Å². The zero-order valence-electron chi connectivity index (χ0n) is 14.1. The quantitative estimate of drug-likeness (QED) is 0.444. The van der Waals surface area contributed by atoms with Crippen LogP contribution in [0.2, 0.25) is 0 Å². The SMILES string of the molecule is C#C.CC1OC2(CO)CO[C@H]1C2O.C[C@@H]1OCC(O)[C@@H]1OCCO. The van der Waals surface area contributed by atoms with Crippen LogP contribution in [-0.4, -0.2) is 95.7 Å². The highest BCUT2D eigenvalue weighted by Gasteiger charge is 2.59. The van der Waals surface area contributed by atoms with E-state index in [4.69, 9.17) is 29.2 Å². The number of terminal acetylenes is 1. The smallest absolute Gasteiger partial charge is 0.143 e. The summed E-state index contributed by atoms with van der Waals surface area (Å²) in [7, 11) is 0. The van der Waals surface area contributed by atoms with Crippen LogP contribution in [-0.2, 0) is 18.9 Å². The lowest BCUT2D eigenvalue weighted by Crippen LogP contribution is -2.44. The Hall–Kier alpha value is -0.760. The van der Waals surface area contributed by atoms with Crippen molar-refractivity contribution in [2.75, 3.05) is 33.0 Å². The molecule has 140 valence electrons. The van der Waals surface area contributed by atoms with Crippen LogP contribution in [0.4, 0.5) is 0 Å². The Morgan fingerprint density at radius 3 is 2.12 bits per heavy atom. The molecule has 0 saturated carbocycles. The zero-order chi connectivity index (χ0) is 18.3. The molecule has 7 atom stereocenters. The first-order valence-electron chi connectivity index (χ1n) is 7.89. The van der Waals surface area contributed by atoms with Gasteiger partial charge in [0.15, 0.2) is 0 Å². The largest absolute Gasteiger partial charge is 0.394 e. The van der Waals surface area contributed by atoms with E-state index in [1.807, 2.05) is 13.8 Å². The van der Waals surface area contributed by atoms with Gasteiger partial charge in [0.25, 0.3) is 0 Å². The molecule has 24 heavy (non-hydrogen) atoms. The van der Waals surface area contributed by atoms with Crippen molar-refractivity contribution in [3.63, 3.8) is 0 Å². The molecule has 0 radical (unpaired) electrons. The molecule has 3 saturated heterocycles. The van der Waals surface area contributed by atoms with Crippen LogP contribution in [0, 0.1) is 12.8 Å². The summed E-state index contributed by atoms with van der Waals surface area (Å²) < 4.78 is 20.9. The molecule has 0 aromatic heterocycles. The van der Waals surface area contributed by atoms with Crippen LogP contribution >= 0.6 is 0 Å². The predicted molar refractivity (Wildman–Crippen MR) is 84.2 cm³/mol. The maximum atomic E-state index is 9.54. The molecule has 2 bridgehead atoms. The van der Waals surface area contributed by atoms with Crippen molar-refractivity contribution in [1.82, 2.24) is 0 Å². The predicted octanol–water partition coefficient (Wildman–Crippen LogP) is -1.71. The van der Waals surface area contributed by atoms with Crippen molar-refractivity contribution < 1.29 is 39.4 Å². The number of hydrogen-bond acceptors (Lipinski definition) is 8. The fourth-order valence-electron chi connectivity index (χ4n) is 3.01. The molecule has 3 rings (SSSR count). The van der Waals surface area contributed by atoms with E-state index < -0.39 is 17.8 Å². The molecular formula is C16H28O8. The van der Waals surface area contributed by atoms with Crippen molar-refractivity contribution in [3.8, 4) is 12.8 Å². The first-order valence-corrected chi connectivity index (χ1v) is 7.89. The second kappa shape index (κ2) is 9.65. The van der Waals surface area contributed by atoms with Gasteiger partial charge in [-0.25, -0.2) is 0 Å². The second-order valence-electron chi connectivity index (χ2n) is 5.93. The lowest BCUT2D eigenvalue weighted by atomic mass is 10.0. The first-order chi connectivity index (χ1) is 11.4. The van der Waals surface area contributed by atoms with Crippen molar-refractivity contribution in [2.45, 2.75) is 56.1 Å². The number of ether oxygens (including phenoxy) is 4. The van der Waals surface area contributed by atoms with Gasteiger partial charge in [-0.15, -0.1) is 12.8 Å². The summed E-state index contributed by atoms with van der Waals surface area (Å²) in [5.74, 6) is 0. The van der Waals surface area contributed by atoms with E-state index in [2.05, 4.69) is 12.8 Å². The van der Waals surface area contributed by atoms with Crippen LogP contribution in [0.3, 0.4) is 0 Å². The minimum absolute atomic E-state index is 0.0179. The third-order valence-corrected chi connectivity index (χ3v) is 4.29. The molecule has 0 aromatic rings. The average molecular weight is 348 g/mol. The Morgan fingerprint density at radius 2 is 1.79 bits per heavy atom. The van der Waals surface area contributed by atoms with E-state index >= 15 is 0 Å². The lowest BCUT2D eigenvalue weighted by molar-refractivity contribution is -0.155. The van der Waals surface area contributed by atoms with Crippen LogP contribution in [0.25, 0.3) is 0 Å². The monoisotopic (exact) mass is 348 g/mol. The Balaban J connectivity index is 0.000000218. The number of fused-ring (bicyclic) bond motifs is 2. The van der Waals surface area contributed by atoms with Gasteiger partial charge in [-0.3, -0.25) is 0 Å². The van der Waals surface area contributed by atoms with E-state index in [1.54, 1.807) is 0 Å². The highest BCUT2D eigenvalue weighted by atomic mass is 16.6. The summed E-state index contributed by atoms with van der Waals surface area (Å²) in [4.78, 5) is 0. The maximum absolute atomic E-state index is 9.54. The Bertz CT molecular complexity index is 380. The topological polar surface area (TPSA) is 118 Å². The van der Waals surface area contributed by atoms with Crippen molar-refractivity contribution in [2.24, 2.45) is 0 Å². The van der Waals surface area contributed by atoms with E-state index in [9.17, 15) is 10.2 Å². The van der Waals surface area contributed by atoms with Gasteiger partial charge in [0, 0.05) is 0 Å². The average Bonchev–Trinajstić information content (AvgIpc) is 3.17. The number of rotatable bonds is 4. The molecule has 0 spiro atoms. The van der Waals surface area contributed by atoms with Crippen LogP contribution < -0.4 is 0 Å². The third-order valence-electron chi connectivity index (χ3n) is 4.29. The highest BCUT2D eigenvalue weighted by molar-refractivity contribution is 5.06. The molecule has 8 nitrogen and oxygen atoms in total. The molecule has 4 unspecified atom stereocenters. The summed E-state index contributed by atoms with van der Waals surface area (Å²) in [6.07, 6.45) is 6.09. The van der Waals surface area contributed by atoms with Crippen molar-refractivity contribution >= 4 is 0 Å². The van der Waals surface area contributed by atoms with Gasteiger partial charge in [0.2, 0.25) is 0 Å². The van der Waals surface area contributed by atoms with E-state index in [-0.39, 0.29) is 44.2 Å². The Labute approximate surface area is 142 Å². The van der Waals surface area contributed by atoms with E-state index in [0.29, 0.717) is 13.2 Å². The molecule has 3 aliphatic rings. The molecule has 0 amide bonds. The number of aliphatic hydroxyl groups excluding tert-OH is 4. The van der Waals surface area contributed by atoms with Gasteiger partial charge < -0.3 is 39.4 Å². The molecule has 0 aromatic carbocycles. The van der Waals surface area contributed by atoms with Gasteiger partial charge in [-0.05, 0) is 13.8 Å². The van der Waals surface area contributed by atoms with Crippen molar-refractivity contribution in [1.29, 1.82) is 0 Å². The fourth-order valence-corrected chi connectivity index (χ4v) is 3.01. The summed E-state index contributed by atoms with van der Waals surface area (Å²) >= 11 is 0. The molecule has 4 N–H and O–H groups in total. The first kappa shape index (κ1) is 21.3. The lowest BCUT2D eigenvalue weighted by Gasteiger charge is -2.26. The summed E-state index contributed by atoms with van der Waals surface area (Å²) in [5.41, 5.74) is -0.829. The Kier molecular flexibility index (Phi) is 8.56. The van der Waals surface area contributed by atoms with Gasteiger partial charge in [0.1, 0.15) is 30.0 Å². The normalized spacial score (nSPS) is 42.8. The minimum Gasteiger partial charge on any atom is -0.394 e. The number of hydrogen-bond donors (Lipinski definition) is 4. The minimum atomic E-state index is -0.829. The fraction of sp³-hybridized carbons (Fsp3) is 0.875. The van der Waals surface area contributed by atoms with Crippen LogP contribution in [0.5, 0.6) is 0 Å². The Morgan fingerprint density at radius 1 is 1.12 bits per heavy atom. The molecule has 3 fully saturated rings. The molecule has 8 heteroatoms. The van der Waals surface area contributed by atoms with E-state index in [0.717, 1.165) is 0 Å². The number of aliphatic hydroxyl groups is 4. The van der Waals surface area contributed by atoms with Gasteiger partial charge in [-0.1, -0.05) is 0 Å². The maximum Gasteiger partial charge on any atom is 0.143 e. The highest BCUT2D eigenvalue weighted by Crippen LogP contribution is 2.39. The van der Waals surface area contributed by atoms with E-state index in [1.165, 1.54) is 0 Å². The molecule has 0 aliphatic carbocycles. The van der Waals surface area contributed by atoms with Gasteiger partial charge >= 0.3 is 0 Å². The van der Waals surface area contributed by atoms with Gasteiger partial charge in [-0.2, -0.15) is 0 Å². The summed E-state index contributed by atoms with van der Waals surface area (Å²) in [5, 5.41) is 36.2. The zero-order valence-corrected chi connectivity index (χ0v) is 14.1. The summed E-state index contributed by atoms with van der Waals surface area (Å²) in [6.45, 7) is 4.39. The molecular weight excluding hydrogens is 320 g/mol. The molecule has 3 heterocycles. The second-order valence-corrected chi connectivity index (χ2v) is 5.93. The standard InChI is InChI=1S/C7H12O4.C7H14O4.C2H2/c1-4-5-6(9)7(2-8,11-4)3-10-5;1-5-7(10-3-2-8)6(9)4-11-5;1-2/h4-6,8-9H,2-3H2,1H3;5-9H,2-4H2,1H3;1-2H/t4?,5-,6?,7?;5-,6?,7+;/m10./s1. The van der Waals surface area contributed by atoms with Crippen LogP contribution in [0.1, 0.15) is 13.8 Å².